The SMILES string of the molecule is CC1CCCC(CNC2CC2)(CN2CCOCC2)C1. The normalized spacial score (nSPS) is 37.4. The average Bonchev–Trinajstić information content (AvgIpc) is 3.22. The molecule has 3 rings (SSSR count). The lowest BCUT2D eigenvalue weighted by atomic mass is 9.69. The highest BCUT2D eigenvalue weighted by molar-refractivity contribution is 4.93. The minimum atomic E-state index is 0.539. The first kappa shape index (κ1) is 13.8. The molecule has 0 aromatic carbocycles. The van der Waals surface area contributed by atoms with Gasteiger partial charge < -0.3 is 10.1 Å². The first-order valence-corrected chi connectivity index (χ1v) is 8.29. The predicted molar refractivity (Wildman–Crippen MR) is 78.3 cm³/mol. The molecule has 2 aliphatic carbocycles. The predicted octanol–water partition coefficient (Wildman–Crippen LogP) is 2.27. The topological polar surface area (TPSA) is 24.5 Å². The van der Waals surface area contributed by atoms with Crippen molar-refractivity contribution in [3.05, 3.63) is 0 Å². The van der Waals surface area contributed by atoms with Crippen LogP contribution in [-0.4, -0.2) is 50.3 Å². The van der Waals surface area contributed by atoms with E-state index in [2.05, 4.69) is 17.1 Å². The molecule has 19 heavy (non-hydrogen) atoms. The number of nitrogens with zero attached hydrogens (tertiary/aromatic N) is 1. The van der Waals surface area contributed by atoms with E-state index in [1.54, 1.807) is 0 Å². The maximum Gasteiger partial charge on any atom is 0.0594 e. The monoisotopic (exact) mass is 266 g/mol. The molecular weight excluding hydrogens is 236 g/mol. The molecular formula is C16H30N2O. The number of hydrogen-bond acceptors (Lipinski definition) is 3. The fourth-order valence-corrected chi connectivity index (χ4v) is 4.01. The van der Waals surface area contributed by atoms with E-state index in [4.69, 9.17) is 4.74 Å². The number of morpholine rings is 1. The Morgan fingerprint density at radius 3 is 2.68 bits per heavy atom. The molecule has 0 radical (unpaired) electrons. The van der Waals surface area contributed by atoms with Crippen molar-refractivity contribution in [1.82, 2.24) is 10.2 Å². The fourth-order valence-electron chi connectivity index (χ4n) is 4.01. The molecule has 110 valence electrons. The van der Waals surface area contributed by atoms with Crippen LogP contribution in [0.4, 0.5) is 0 Å². The number of rotatable bonds is 5. The van der Waals surface area contributed by atoms with Crippen LogP contribution in [0.2, 0.25) is 0 Å². The van der Waals surface area contributed by atoms with Crippen LogP contribution in [0.5, 0.6) is 0 Å². The summed E-state index contributed by atoms with van der Waals surface area (Å²) in [5.74, 6) is 0.913. The minimum Gasteiger partial charge on any atom is -0.379 e. The van der Waals surface area contributed by atoms with Gasteiger partial charge in [0.15, 0.2) is 0 Å². The summed E-state index contributed by atoms with van der Waals surface area (Å²) in [6, 6.07) is 0.846. The molecule has 1 N–H and O–H groups in total. The van der Waals surface area contributed by atoms with Gasteiger partial charge in [0.25, 0.3) is 0 Å². The number of ether oxygens (including phenoxy) is 1. The van der Waals surface area contributed by atoms with Gasteiger partial charge in [-0.1, -0.05) is 19.8 Å². The molecule has 0 aromatic rings. The third-order valence-corrected chi connectivity index (χ3v) is 5.19. The standard InChI is InChI=1S/C16H30N2O/c1-14-3-2-6-16(11-14,12-17-15-4-5-15)13-18-7-9-19-10-8-18/h14-15,17H,2-13H2,1H3. The molecule has 2 unspecified atom stereocenters. The van der Waals surface area contributed by atoms with Crippen LogP contribution in [-0.2, 0) is 4.74 Å². The van der Waals surface area contributed by atoms with E-state index in [0.29, 0.717) is 5.41 Å². The summed E-state index contributed by atoms with van der Waals surface area (Å²) in [5, 5.41) is 3.82. The van der Waals surface area contributed by atoms with Crippen molar-refractivity contribution in [3.8, 4) is 0 Å². The molecule has 2 atom stereocenters. The zero-order chi connectivity index (χ0) is 13.1. The van der Waals surface area contributed by atoms with E-state index in [1.807, 2.05) is 0 Å². The van der Waals surface area contributed by atoms with Crippen molar-refractivity contribution in [1.29, 1.82) is 0 Å². The van der Waals surface area contributed by atoms with Crippen LogP contribution in [0.3, 0.4) is 0 Å². The van der Waals surface area contributed by atoms with Crippen molar-refractivity contribution in [2.24, 2.45) is 11.3 Å². The molecule has 0 spiro atoms. The van der Waals surface area contributed by atoms with Crippen LogP contribution in [0, 0.1) is 11.3 Å². The molecule has 3 aliphatic rings. The van der Waals surface area contributed by atoms with E-state index >= 15 is 0 Å². The fraction of sp³-hybridized carbons (Fsp3) is 1.00. The van der Waals surface area contributed by atoms with Crippen LogP contribution in [0.25, 0.3) is 0 Å². The van der Waals surface area contributed by atoms with Crippen LogP contribution < -0.4 is 5.32 Å². The summed E-state index contributed by atoms with van der Waals surface area (Å²) in [6.07, 6.45) is 8.52. The first-order chi connectivity index (χ1) is 9.26. The van der Waals surface area contributed by atoms with Gasteiger partial charge in [0.2, 0.25) is 0 Å². The van der Waals surface area contributed by atoms with Crippen LogP contribution in [0.1, 0.15) is 45.4 Å². The third-order valence-electron chi connectivity index (χ3n) is 5.19. The smallest absolute Gasteiger partial charge is 0.0594 e. The van der Waals surface area contributed by atoms with Crippen molar-refractivity contribution in [2.45, 2.75) is 51.5 Å². The van der Waals surface area contributed by atoms with Crippen LogP contribution in [0.15, 0.2) is 0 Å². The van der Waals surface area contributed by atoms with Gasteiger partial charge in [0, 0.05) is 32.2 Å². The van der Waals surface area contributed by atoms with Gasteiger partial charge in [-0.3, -0.25) is 4.90 Å². The van der Waals surface area contributed by atoms with E-state index in [9.17, 15) is 0 Å². The Morgan fingerprint density at radius 2 is 2.00 bits per heavy atom. The van der Waals surface area contributed by atoms with Gasteiger partial charge >= 0.3 is 0 Å². The van der Waals surface area contributed by atoms with Gasteiger partial charge in [0.1, 0.15) is 0 Å². The third kappa shape index (κ3) is 3.93. The highest BCUT2D eigenvalue weighted by atomic mass is 16.5. The lowest BCUT2D eigenvalue weighted by molar-refractivity contribution is 0.00187. The second kappa shape index (κ2) is 6.11. The number of hydrogen-bond donors (Lipinski definition) is 1. The molecule has 0 amide bonds. The Balaban J connectivity index is 1.59. The van der Waals surface area contributed by atoms with E-state index in [1.165, 1.54) is 51.6 Å². The molecule has 3 nitrogen and oxygen atoms in total. The highest BCUT2D eigenvalue weighted by Crippen LogP contribution is 2.40. The Kier molecular flexibility index (Phi) is 4.45. The Hall–Kier alpha value is -0.120. The van der Waals surface area contributed by atoms with Crippen molar-refractivity contribution >= 4 is 0 Å². The second-order valence-corrected chi connectivity index (χ2v) is 7.25. The molecule has 0 bridgehead atoms. The Labute approximate surface area is 118 Å². The Bertz CT molecular complexity index is 286. The Morgan fingerprint density at radius 1 is 1.21 bits per heavy atom. The molecule has 1 heterocycles. The zero-order valence-corrected chi connectivity index (χ0v) is 12.5. The van der Waals surface area contributed by atoms with Gasteiger partial charge in [-0.2, -0.15) is 0 Å². The summed E-state index contributed by atoms with van der Waals surface area (Å²) >= 11 is 0. The number of nitrogens with one attached hydrogen (secondary N) is 1. The lowest BCUT2D eigenvalue weighted by Gasteiger charge is -2.44. The largest absolute Gasteiger partial charge is 0.379 e. The molecule has 0 aromatic heterocycles. The summed E-state index contributed by atoms with van der Waals surface area (Å²) in [6.45, 7) is 9.13. The quantitative estimate of drug-likeness (QED) is 0.826. The molecule has 3 heteroatoms. The molecule has 3 fully saturated rings. The molecule has 1 aliphatic heterocycles. The van der Waals surface area contributed by atoms with Gasteiger partial charge in [-0.05, 0) is 37.0 Å². The summed E-state index contributed by atoms with van der Waals surface area (Å²) in [5.41, 5.74) is 0.539. The van der Waals surface area contributed by atoms with E-state index < -0.39 is 0 Å². The summed E-state index contributed by atoms with van der Waals surface area (Å²) in [4.78, 5) is 2.65. The summed E-state index contributed by atoms with van der Waals surface area (Å²) < 4.78 is 5.49. The van der Waals surface area contributed by atoms with Crippen molar-refractivity contribution in [2.75, 3.05) is 39.4 Å². The van der Waals surface area contributed by atoms with E-state index in [0.717, 1.165) is 38.3 Å². The summed E-state index contributed by atoms with van der Waals surface area (Å²) in [7, 11) is 0. The lowest BCUT2D eigenvalue weighted by Crippen LogP contribution is -2.49. The van der Waals surface area contributed by atoms with Gasteiger partial charge in [0.05, 0.1) is 13.2 Å². The average molecular weight is 266 g/mol. The van der Waals surface area contributed by atoms with E-state index in [-0.39, 0.29) is 0 Å². The zero-order valence-electron chi connectivity index (χ0n) is 12.5. The first-order valence-electron chi connectivity index (χ1n) is 8.29. The van der Waals surface area contributed by atoms with Crippen LogP contribution >= 0.6 is 0 Å². The maximum absolute atomic E-state index is 5.49. The van der Waals surface area contributed by atoms with Crippen molar-refractivity contribution in [3.63, 3.8) is 0 Å². The minimum absolute atomic E-state index is 0.539. The second-order valence-electron chi connectivity index (χ2n) is 7.25. The highest BCUT2D eigenvalue weighted by Gasteiger charge is 2.37. The van der Waals surface area contributed by atoms with Crippen molar-refractivity contribution < 1.29 is 4.74 Å². The van der Waals surface area contributed by atoms with Gasteiger partial charge in [-0.15, -0.1) is 0 Å². The van der Waals surface area contributed by atoms with Gasteiger partial charge in [-0.25, -0.2) is 0 Å². The maximum atomic E-state index is 5.49. The molecule has 1 saturated heterocycles. The molecule has 2 saturated carbocycles.